The van der Waals surface area contributed by atoms with E-state index in [4.69, 9.17) is 0 Å². The van der Waals surface area contributed by atoms with Gasteiger partial charge < -0.3 is 10.2 Å². The average molecular weight is 292 g/mol. The molecule has 4 nitrogen and oxygen atoms in total. The summed E-state index contributed by atoms with van der Waals surface area (Å²) in [5.41, 5.74) is 0.703. The first-order valence-corrected chi connectivity index (χ1v) is 7.42. The standard InChI is InChI=1S/C16H21FN2O2/c1-3-6-14-15(20)18-13(4-2)16(21)19(14)10-11-7-5-8-12(17)9-11/h5,7-9,13-14H,3-4,6,10H2,1-2H3,(H,18,20). The maximum Gasteiger partial charge on any atom is 0.246 e. The molecule has 0 radical (unpaired) electrons. The number of rotatable bonds is 5. The summed E-state index contributed by atoms with van der Waals surface area (Å²) in [6, 6.07) is 5.22. The highest BCUT2D eigenvalue weighted by Crippen LogP contribution is 2.19. The van der Waals surface area contributed by atoms with Gasteiger partial charge in [0.15, 0.2) is 0 Å². The highest BCUT2D eigenvalue weighted by Gasteiger charge is 2.38. The van der Waals surface area contributed by atoms with Crippen LogP contribution in [0.1, 0.15) is 38.7 Å². The van der Waals surface area contributed by atoms with Gasteiger partial charge in [0.25, 0.3) is 0 Å². The van der Waals surface area contributed by atoms with Gasteiger partial charge in [0.05, 0.1) is 0 Å². The van der Waals surface area contributed by atoms with Crippen LogP contribution in [0, 0.1) is 5.82 Å². The number of nitrogens with one attached hydrogen (secondary N) is 1. The van der Waals surface area contributed by atoms with Crippen molar-refractivity contribution in [1.29, 1.82) is 0 Å². The molecule has 1 N–H and O–H groups in total. The topological polar surface area (TPSA) is 49.4 Å². The molecule has 114 valence electrons. The third-order valence-electron chi connectivity index (χ3n) is 3.79. The minimum absolute atomic E-state index is 0.0835. The van der Waals surface area contributed by atoms with Gasteiger partial charge in [0.1, 0.15) is 17.9 Å². The van der Waals surface area contributed by atoms with E-state index in [0.717, 1.165) is 6.42 Å². The van der Waals surface area contributed by atoms with Crippen LogP contribution in [-0.2, 0) is 16.1 Å². The Morgan fingerprint density at radius 3 is 2.67 bits per heavy atom. The Balaban J connectivity index is 2.25. The summed E-state index contributed by atoms with van der Waals surface area (Å²) in [4.78, 5) is 26.3. The van der Waals surface area contributed by atoms with Gasteiger partial charge in [-0.15, -0.1) is 0 Å². The molecule has 1 aromatic rings. The molecule has 5 heteroatoms. The lowest BCUT2D eigenvalue weighted by Crippen LogP contribution is -2.62. The molecule has 0 saturated carbocycles. The molecular formula is C16H21FN2O2. The molecule has 0 aliphatic carbocycles. The highest BCUT2D eigenvalue weighted by atomic mass is 19.1. The second-order valence-corrected chi connectivity index (χ2v) is 5.37. The molecule has 2 unspecified atom stereocenters. The summed E-state index contributed by atoms with van der Waals surface area (Å²) in [5, 5.41) is 2.77. The molecule has 2 rings (SSSR count). The van der Waals surface area contributed by atoms with Crippen molar-refractivity contribution in [1.82, 2.24) is 10.2 Å². The van der Waals surface area contributed by atoms with E-state index in [-0.39, 0.29) is 24.2 Å². The van der Waals surface area contributed by atoms with Crippen molar-refractivity contribution in [2.24, 2.45) is 0 Å². The Morgan fingerprint density at radius 2 is 2.05 bits per heavy atom. The fourth-order valence-corrected chi connectivity index (χ4v) is 2.68. The summed E-state index contributed by atoms with van der Waals surface area (Å²) in [5.74, 6) is -0.528. The second-order valence-electron chi connectivity index (χ2n) is 5.37. The minimum atomic E-state index is -0.473. The minimum Gasteiger partial charge on any atom is -0.343 e. The number of hydrogen-bond donors (Lipinski definition) is 1. The fraction of sp³-hybridized carbons (Fsp3) is 0.500. The van der Waals surface area contributed by atoms with E-state index < -0.39 is 12.1 Å². The highest BCUT2D eigenvalue weighted by molar-refractivity contribution is 5.96. The molecule has 0 aromatic heterocycles. The predicted molar refractivity (Wildman–Crippen MR) is 77.9 cm³/mol. The van der Waals surface area contributed by atoms with Gasteiger partial charge in [-0.25, -0.2) is 4.39 Å². The Kier molecular flexibility index (Phi) is 4.94. The van der Waals surface area contributed by atoms with E-state index in [9.17, 15) is 14.0 Å². The maximum atomic E-state index is 13.3. The molecule has 1 saturated heterocycles. The van der Waals surface area contributed by atoms with Crippen molar-refractivity contribution in [2.75, 3.05) is 0 Å². The summed E-state index contributed by atoms with van der Waals surface area (Å²) in [6.07, 6.45) is 1.98. The van der Waals surface area contributed by atoms with Crippen LogP contribution < -0.4 is 5.32 Å². The van der Waals surface area contributed by atoms with Gasteiger partial charge in [-0.1, -0.05) is 32.4 Å². The van der Waals surface area contributed by atoms with Crippen LogP contribution in [0.2, 0.25) is 0 Å². The van der Waals surface area contributed by atoms with Crippen molar-refractivity contribution in [2.45, 2.75) is 51.7 Å². The van der Waals surface area contributed by atoms with Crippen LogP contribution in [0.25, 0.3) is 0 Å². The summed E-state index contributed by atoms with van der Waals surface area (Å²) >= 11 is 0. The number of hydrogen-bond acceptors (Lipinski definition) is 2. The van der Waals surface area contributed by atoms with E-state index in [1.807, 2.05) is 13.8 Å². The lowest BCUT2D eigenvalue weighted by atomic mass is 10.0. The number of nitrogens with zero attached hydrogens (tertiary/aromatic N) is 1. The average Bonchev–Trinajstić information content (AvgIpc) is 2.46. The summed E-state index contributed by atoms with van der Waals surface area (Å²) in [7, 11) is 0. The van der Waals surface area contributed by atoms with E-state index in [2.05, 4.69) is 5.32 Å². The number of piperazine rings is 1. The monoisotopic (exact) mass is 292 g/mol. The van der Waals surface area contributed by atoms with Crippen LogP contribution >= 0.6 is 0 Å². The summed E-state index contributed by atoms with van der Waals surface area (Å²) in [6.45, 7) is 4.11. The van der Waals surface area contributed by atoms with E-state index in [1.165, 1.54) is 12.1 Å². The zero-order valence-corrected chi connectivity index (χ0v) is 12.4. The van der Waals surface area contributed by atoms with Crippen molar-refractivity contribution in [3.05, 3.63) is 35.6 Å². The smallest absolute Gasteiger partial charge is 0.246 e. The zero-order valence-electron chi connectivity index (χ0n) is 12.4. The normalized spacial score (nSPS) is 22.3. The van der Waals surface area contributed by atoms with Crippen LogP contribution in [0.15, 0.2) is 24.3 Å². The van der Waals surface area contributed by atoms with Gasteiger partial charge in [0, 0.05) is 6.54 Å². The molecule has 0 spiro atoms. The molecule has 1 aliphatic heterocycles. The van der Waals surface area contributed by atoms with Crippen molar-refractivity contribution in [3.8, 4) is 0 Å². The lowest BCUT2D eigenvalue weighted by molar-refractivity contribution is -0.150. The first-order chi connectivity index (χ1) is 10.1. The quantitative estimate of drug-likeness (QED) is 0.904. The number of amides is 2. The molecule has 1 fully saturated rings. The Hall–Kier alpha value is -1.91. The van der Waals surface area contributed by atoms with Gasteiger partial charge in [-0.3, -0.25) is 9.59 Å². The molecule has 0 bridgehead atoms. The number of carbonyl (C=O) groups excluding carboxylic acids is 2. The third-order valence-corrected chi connectivity index (χ3v) is 3.79. The van der Waals surface area contributed by atoms with Crippen LogP contribution in [0.4, 0.5) is 4.39 Å². The zero-order chi connectivity index (χ0) is 15.4. The molecule has 1 aliphatic rings. The first-order valence-electron chi connectivity index (χ1n) is 7.42. The maximum absolute atomic E-state index is 13.3. The molecular weight excluding hydrogens is 271 g/mol. The number of carbonyl (C=O) groups is 2. The van der Waals surface area contributed by atoms with Crippen molar-refractivity contribution >= 4 is 11.8 Å². The van der Waals surface area contributed by atoms with E-state index >= 15 is 0 Å². The van der Waals surface area contributed by atoms with Gasteiger partial charge in [0.2, 0.25) is 11.8 Å². The van der Waals surface area contributed by atoms with Crippen LogP contribution in [0.5, 0.6) is 0 Å². The Morgan fingerprint density at radius 1 is 1.29 bits per heavy atom. The Bertz CT molecular complexity index is 533. The van der Waals surface area contributed by atoms with Crippen LogP contribution in [0.3, 0.4) is 0 Å². The van der Waals surface area contributed by atoms with E-state index in [1.54, 1.807) is 17.0 Å². The fourth-order valence-electron chi connectivity index (χ4n) is 2.68. The third kappa shape index (κ3) is 3.40. The summed E-state index contributed by atoms with van der Waals surface area (Å²) < 4.78 is 13.3. The number of halogens is 1. The number of benzene rings is 1. The SMILES string of the molecule is CCCC1C(=O)NC(CC)C(=O)N1Cc1cccc(F)c1. The van der Waals surface area contributed by atoms with Gasteiger partial charge in [-0.2, -0.15) is 0 Å². The lowest BCUT2D eigenvalue weighted by Gasteiger charge is -2.38. The van der Waals surface area contributed by atoms with Crippen LogP contribution in [-0.4, -0.2) is 28.8 Å². The largest absolute Gasteiger partial charge is 0.343 e. The Labute approximate surface area is 124 Å². The van der Waals surface area contributed by atoms with E-state index in [0.29, 0.717) is 18.4 Å². The van der Waals surface area contributed by atoms with Crippen molar-refractivity contribution < 1.29 is 14.0 Å². The van der Waals surface area contributed by atoms with Gasteiger partial charge in [-0.05, 0) is 30.5 Å². The molecule has 1 aromatic carbocycles. The van der Waals surface area contributed by atoms with Gasteiger partial charge >= 0.3 is 0 Å². The predicted octanol–water partition coefficient (Wildman–Crippen LogP) is 2.23. The molecule has 1 heterocycles. The second kappa shape index (κ2) is 6.70. The first kappa shape index (κ1) is 15.5. The molecule has 2 amide bonds. The van der Waals surface area contributed by atoms with Crippen molar-refractivity contribution in [3.63, 3.8) is 0 Å². The molecule has 2 atom stereocenters. The molecule has 21 heavy (non-hydrogen) atoms.